The highest BCUT2D eigenvalue weighted by Gasteiger charge is 2.39. The molecule has 0 unspecified atom stereocenters. The fraction of sp³-hybridized carbons (Fsp3) is 0.750. The van der Waals surface area contributed by atoms with E-state index in [1.165, 1.54) is 6.42 Å². The summed E-state index contributed by atoms with van der Waals surface area (Å²) in [6.07, 6.45) is 5.94. The third-order valence-electron chi connectivity index (χ3n) is 2.93. The maximum absolute atomic E-state index is 5.91. The van der Waals surface area contributed by atoms with Crippen LogP contribution in [-0.2, 0) is 0 Å². The van der Waals surface area contributed by atoms with Gasteiger partial charge in [-0.15, -0.1) is 0 Å². The van der Waals surface area contributed by atoms with Gasteiger partial charge in [0.05, 0.1) is 0 Å². The molecule has 4 atom stereocenters. The molecule has 1 nitrogen and oxygen atoms in total. The fourth-order valence-corrected chi connectivity index (χ4v) is 2.11. The molecule has 1 heteroatoms. The van der Waals surface area contributed by atoms with E-state index in [1.807, 2.05) is 0 Å². The lowest BCUT2D eigenvalue weighted by Gasteiger charge is -2.19. The largest absolute Gasteiger partial charge is 0.327 e. The third-order valence-corrected chi connectivity index (χ3v) is 2.93. The van der Waals surface area contributed by atoms with Gasteiger partial charge in [0.25, 0.3) is 0 Å². The lowest BCUT2D eigenvalue weighted by molar-refractivity contribution is 0.429. The van der Waals surface area contributed by atoms with E-state index in [1.54, 1.807) is 0 Å². The lowest BCUT2D eigenvalue weighted by Crippen LogP contribution is -2.31. The van der Waals surface area contributed by atoms with Crippen LogP contribution in [0.2, 0.25) is 0 Å². The molecule has 50 valence electrons. The van der Waals surface area contributed by atoms with Gasteiger partial charge in [-0.2, -0.15) is 0 Å². The number of fused-ring (bicyclic) bond motifs is 2. The van der Waals surface area contributed by atoms with Gasteiger partial charge in [-0.1, -0.05) is 19.1 Å². The van der Waals surface area contributed by atoms with E-state index in [2.05, 4.69) is 19.1 Å². The SMILES string of the molecule is C[C@H]1[C@H](N)[C@H]2C=C[C@H]1C2. The van der Waals surface area contributed by atoms with Crippen molar-refractivity contribution >= 4 is 0 Å². The molecule has 0 saturated heterocycles. The Morgan fingerprint density at radius 3 is 2.33 bits per heavy atom. The van der Waals surface area contributed by atoms with Gasteiger partial charge < -0.3 is 5.73 Å². The zero-order valence-electron chi connectivity index (χ0n) is 5.75. The lowest BCUT2D eigenvalue weighted by atomic mass is 9.92. The molecule has 0 aliphatic heterocycles. The van der Waals surface area contributed by atoms with Crippen LogP contribution in [0.25, 0.3) is 0 Å². The molecule has 1 fully saturated rings. The molecule has 1 saturated carbocycles. The summed E-state index contributed by atoms with van der Waals surface area (Å²) >= 11 is 0. The monoisotopic (exact) mass is 123 g/mol. The molecular weight excluding hydrogens is 110 g/mol. The molecule has 2 aliphatic carbocycles. The molecule has 0 radical (unpaired) electrons. The summed E-state index contributed by atoms with van der Waals surface area (Å²) in [5.74, 6) is 2.26. The van der Waals surface area contributed by atoms with Gasteiger partial charge in [-0.25, -0.2) is 0 Å². The first-order valence-corrected chi connectivity index (χ1v) is 3.73. The van der Waals surface area contributed by atoms with E-state index >= 15 is 0 Å². The van der Waals surface area contributed by atoms with Crippen LogP contribution in [0, 0.1) is 17.8 Å². The summed E-state index contributed by atoms with van der Waals surface area (Å²) in [4.78, 5) is 0. The van der Waals surface area contributed by atoms with E-state index in [-0.39, 0.29) is 0 Å². The standard InChI is InChI=1S/C8H13N/c1-5-6-2-3-7(4-6)8(5)9/h2-3,5-8H,4,9H2,1H3/t5-,6+,7+,8+/m1/s1. The molecule has 2 aliphatic rings. The van der Waals surface area contributed by atoms with Crippen molar-refractivity contribution in [2.75, 3.05) is 0 Å². The minimum atomic E-state index is 0.458. The van der Waals surface area contributed by atoms with Crippen LogP contribution in [-0.4, -0.2) is 6.04 Å². The van der Waals surface area contributed by atoms with Crippen molar-refractivity contribution in [3.05, 3.63) is 12.2 Å². The smallest absolute Gasteiger partial charge is 0.0134 e. The Bertz CT molecular complexity index is 135. The van der Waals surface area contributed by atoms with Crippen molar-refractivity contribution < 1.29 is 0 Å². The third kappa shape index (κ3) is 0.584. The molecule has 0 aromatic carbocycles. The van der Waals surface area contributed by atoms with Crippen LogP contribution in [0.4, 0.5) is 0 Å². The van der Waals surface area contributed by atoms with Crippen LogP contribution in [0.5, 0.6) is 0 Å². The molecule has 9 heavy (non-hydrogen) atoms. The molecular formula is C8H13N. The van der Waals surface area contributed by atoms with Crippen LogP contribution < -0.4 is 5.73 Å². The van der Waals surface area contributed by atoms with Crippen molar-refractivity contribution in [3.63, 3.8) is 0 Å². The highest BCUT2D eigenvalue weighted by Crippen LogP contribution is 2.41. The predicted molar refractivity (Wildman–Crippen MR) is 37.9 cm³/mol. The second-order valence-corrected chi connectivity index (χ2v) is 3.38. The Morgan fingerprint density at radius 1 is 1.33 bits per heavy atom. The van der Waals surface area contributed by atoms with E-state index < -0.39 is 0 Å². The maximum Gasteiger partial charge on any atom is 0.0134 e. The highest BCUT2D eigenvalue weighted by molar-refractivity contribution is 5.14. The van der Waals surface area contributed by atoms with Crippen molar-refractivity contribution in [2.24, 2.45) is 23.5 Å². The van der Waals surface area contributed by atoms with Gasteiger partial charge >= 0.3 is 0 Å². The Hall–Kier alpha value is -0.300. The summed E-state index contributed by atoms with van der Waals surface area (Å²) in [5.41, 5.74) is 5.91. The van der Waals surface area contributed by atoms with Gasteiger partial charge in [0.1, 0.15) is 0 Å². The second kappa shape index (κ2) is 1.60. The van der Waals surface area contributed by atoms with Gasteiger partial charge in [0.2, 0.25) is 0 Å². The first-order chi connectivity index (χ1) is 4.29. The molecule has 0 heterocycles. The molecule has 0 aromatic rings. The number of rotatable bonds is 0. The van der Waals surface area contributed by atoms with E-state index in [9.17, 15) is 0 Å². The number of nitrogens with two attached hydrogens (primary N) is 1. The van der Waals surface area contributed by atoms with Crippen molar-refractivity contribution in [2.45, 2.75) is 19.4 Å². The number of allylic oxidation sites excluding steroid dienone is 1. The normalized spacial score (nSPS) is 54.9. The maximum atomic E-state index is 5.91. The van der Waals surface area contributed by atoms with Crippen LogP contribution in [0.15, 0.2) is 12.2 Å². The van der Waals surface area contributed by atoms with E-state index in [0.717, 1.165) is 11.8 Å². The van der Waals surface area contributed by atoms with Gasteiger partial charge in [0, 0.05) is 6.04 Å². The zero-order chi connectivity index (χ0) is 6.43. The zero-order valence-corrected chi connectivity index (χ0v) is 5.75. The minimum absolute atomic E-state index is 0.458. The average Bonchev–Trinajstić information content (AvgIpc) is 2.37. The summed E-state index contributed by atoms with van der Waals surface area (Å²) in [7, 11) is 0. The summed E-state index contributed by atoms with van der Waals surface area (Å²) in [6, 6.07) is 0.458. The molecule has 0 aromatic heterocycles. The number of hydrogen-bond acceptors (Lipinski definition) is 1. The average molecular weight is 123 g/mol. The van der Waals surface area contributed by atoms with Crippen LogP contribution >= 0.6 is 0 Å². The molecule has 0 spiro atoms. The van der Waals surface area contributed by atoms with Gasteiger partial charge in [0.15, 0.2) is 0 Å². The first-order valence-electron chi connectivity index (χ1n) is 3.73. The Balaban J connectivity index is 2.26. The van der Waals surface area contributed by atoms with Crippen LogP contribution in [0.1, 0.15) is 13.3 Å². The molecule has 2 rings (SSSR count). The predicted octanol–water partition coefficient (Wildman–Crippen LogP) is 1.16. The molecule has 2 N–H and O–H groups in total. The van der Waals surface area contributed by atoms with E-state index in [4.69, 9.17) is 5.73 Å². The fourth-order valence-electron chi connectivity index (χ4n) is 2.11. The minimum Gasteiger partial charge on any atom is -0.327 e. The topological polar surface area (TPSA) is 26.0 Å². The van der Waals surface area contributed by atoms with Crippen molar-refractivity contribution in [1.82, 2.24) is 0 Å². The van der Waals surface area contributed by atoms with Crippen molar-refractivity contribution in [1.29, 1.82) is 0 Å². The van der Waals surface area contributed by atoms with Crippen LogP contribution in [0.3, 0.4) is 0 Å². The summed E-state index contributed by atoms with van der Waals surface area (Å²) < 4.78 is 0. The van der Waals surface area contributed by atoms with E-state index in [0.29, 0.717) is 12.0 Å². The Kier molecular flexibility index (Phi) is 0.974. The molecule has 0 amide bonds. The number of hydrogen-bond donors (Lipinski definition) is 1. The second-order valence-electron chi connectivity index (χ2n) is 3.38. The Morgan fingerprint density at radius 2 is 2.00 bits per heavy atom. The Labute approximate surface area is 55.9 Å². The summed E-state index contributed by atoms with van der Waals surface area (Å²) in [5, 5.41) is 0. The summed E-state index contributed by atoms with van der Waals surface area (Å²) in [6.45, 7) is 2.26. The quantitative estimate of drug-likeness (QED) is 0.480. The van der Waals surface area contributed by atoms with Gasteiger partial charge in [-0.3, -0.25) is 0 Å². The van der Waals surface area contributed by atoms with Gasteiger partial charge in [-0.05, 0) is 24.2 Å². The molecule has 2 bridgehead atoms. The van der Waals surface area contributed by atoms with Crippen molar-refractivity contribution in [3.8, 4) is 0 Å². The highest BCUT2D eigenvalue weighted by atomic mass is 14.7. The first kappa shape index (κ1) is 5.48.